The summed E-state index contributed by atoms with van der Waals surface area (Å²) in [5, 5.41) is 1.35. The Morgan fingerprint density at radius 1 is 1.13 bits per heavy atom. The van der Waals surface area contributed by atoms with Gasteiger partial charge in [-0.3, -0.25) is 9.69 Å². The van der Waals surface area contributed by atoms with Crippen LogP contribution in [0.1, 0.15) is 31.0 Å². The second-order valence-corrected chi connectivity index (χ2v) is 8.67. The number of esters is 1. The summed E-state index contributed by atoms with van der Waals surface area (Å²) in [6, 6.07) is 13.9. The number of carbonyl (C=O) groups is 2. The summed E-state index contributed by atoms with van der Waals surface area (Å²) in [5.74, 6) is -0.801. The first kappa shape index (κ1) is 21.7. The van der Waals surface area contributed by atoms with Crippen molar-refractivity contribution in [1.29, 1.82) is 0 Å². The highest BCUT2D eigenvalue weighted by Gasteiger charge is 2.42. The van der Waals surface area contributed by atoms with E-state index in [1.807, 2.05) is 30.3 Å². The van der Waals surface area contributed by atoms with E-state index in [9.17, 15) is 9.59 Å². The van der Waals surface area contributed by atoms with Crippen LogP contribution in [0.4, 0.5) is 0 Å². The van der Waals surface area contributed by atoms with Crippen molar-refractivity contribution in [3.8, 4) is 0 Å². The second kappa shape index (κ2) is 8.91. The van der Waals surface area contributed by atoms with Gasteiger partial charge >= 0.3 is 5.97 Å². The van der Waals surface area contributed by atoms with Gasteiger partial charge in [-0.1, -0.05) is 71.4 Å². The predicted molar refractivity (Wildman–Crippen MR) is 125 cm³/mol. The smallest absolute Gasteiger partial charge is 0.338 e. The van der Waals surface area contributed by atoms with Gasteiger partial charge in [-0.05, 0) is 31.5 Å². The number of hydrogen-bond donors (Lipinski definition) is 0. The van der Waals surface area contributed by atoms with Gasteiger partial charge in [0.2, 0.25) is 0 Å². The van der Waals surface area contributed by atoms with Crippen LogP contribution in [-0.4, -0.2) is 28.6 Å². The van der Waals surface area contributed by atoms with Gasteiger partial charge in [0.25, 0.3) is 5.91 Å². The number of amidine groups is 1. The summed E-state index contributed by atoms with van der Waals surface area (Å²) >= 11 is 14.0. The van der Waals surface area contributed by atoms with E-state index in [2.05, 4.69) is 4.99 Å². The molecule has 1 amide bonds. The molecule has 0 N–H and O–H groups in total. The van der Waals surface area contributed by atoms with Gasteiger partial charge in [0.1, 0.15) is 0 Å². The maximum Gasteiger partial charge on any atom is 0.338 e. The minimum atomic E-state index is -0.646. The zero-order chi connectivity index (χ0) is 22.1. The van der Waals surface area contributed by atoms with E-state index < -0.39 is 12.0 Å². The van der Waals surface area contributed by atoms with Crippen LogP contribution < -0.4 is 0 Å². The minimum absolute atomic E-state index is 0.228. The zero-order valence-electron chi connectivity index (χ0n) is 16.8. The number of hydrogen-bond acceptors (Lipinski definition) is 5. The van der Waals surface area contributed by atoms with Crippen LogP contribution in [0.15, 0.2) is 70.9 Å². The van der Waals surface area contributed by atoms with Gasteiger partial charge in [0.05, 0.1) is 34.0 Å². The monoisotopic (exact) mass is 472 g/mol. The molecule has 5 nitrogen and oxygen atoms in total. The van der Waals surface area contributed by atoms with Crippen molar-refractivity contribution >= 4 is 56.9 Å². The number of amides is 1. The molecule has 0 radical (unpaired) electrons. The van der Waals surface area contributed by atoms with Gasteiger partial charge in [0.15, 0.2) is 5.17 Å². The molecule has 0 spiro atoms. The molecule has 0 saturated heterocycles. The molecule has 2 aliphatic heterocycles. The van der Waals surface area contributed by atoms with Crippen molar-refractivity contribution < 1.29 is 14.3 Å². The van der Waals surface area contributed by atoms with Gasteiger partial charge in [-0.15, -0.1) is 0 Å². The molecule has 158 valence electrons. The molecule has 2 aliphatic rings. The Balaban J connectivity index is 1.86. The van der Waals surface area contributed by atoms with Crippen molar-refractivity contribution in [3.05, 3.63) is 87.0 Å². The summed E-state index contributed by atoms with van der Waals surface area (Å²) in [7, 11) is 0. The molecule has 0 bridgehead atoms. The average Bonchev–Trinajstić information content (AvgIpc) is 2.73. The van der Waals surface area contributed by atoms with Crippen LogP contribution >= 0.6 is 35.0 Å². The topological polar surface area (TPSA) is 59.0 Å². The van der Waals surface area contributed by atoms with Crippen LogP contribution in [0.25, 0.3) is 4.91 Å². The van der Waals surface area contributed by atoms with Crippen LogP contribution in [0.2, 0.25) is 10.0 Å². The van der Waals surface area contributed by atoms with E-state index in [1.54, 1.807) is 32.0 Å². The first-order valence-corrected chi connectivity index (χ1v) is 11.2. The van der Waals surface area contributed by atoms with Gasteiger partial charge in [-0.25, -0.2) is 9.79 Å². The number of thioether (sulfide) groups is 1. The lowest BCUT2D eigenvalue weighted by atomic mass is 9.94. The number of benzene rings is 2. The molecule has 0 saturated carbocycles. The standard InChI is InChI=1S/C23H18Cl2N2O3S/c1-3-30-22(29)19-13(2)26-23-27(21(19)14-8-5-4-6-9-14)18(28)12-17(31-23)20-15(24)10-7-11-16(20)25/h4-12,21H,3H2,1-2H3/t21-/m0/s1. The average molecular weight is 473 g/mol. The second-order valence-electron chi connectivity index (χ2n) is 6.84. The van der Waals surface area contributed by atoms with Crippen molar-refractivity contribution in [2.45, 2.75) is 19.9 Å². The number of rotatable bonds is 4. The van der Waals surface area contributed by atoms with Crippen molar-refractivity contribution in [3.63, 3.8) is 0 Å². The Morgan fingerprint density at radius 3 is 2.45 bits per heavy atom. The largest absolute Gasteiger partial charge is 0.463 e. The number of nitrogens with zero attached hydrogens (tertiary/aromatic N) is 2. The Bertz CT molecular complexity index is 1140. The molecule has 8 heteroatoms. The molecule has 0 aromatic heterocycles. The van der Waals surface area contributed by atoms with E-state index in [4.69, 9.17) is 27.9 Å². The van der Waals surface area contributed by atoms with Crippen molar-refractivity contribution in [2.75, 3.05) is 6.61 Å². The zero-order valence-corrected chi connectivity index (χ0v) is 19.1. The molecule has 0 fully saturated rings. The highest BCUT2D eigenvalue weighted by atomic mass is 35.5. The Morgan fingerprint density at radius 2 is 1.81 bits per heavy atom. The van der Waals surface area contributed by atoms with Crippen molar-refractivity contribution in [2.24, 2.45) is 4.99 Å². The fourth-order valence-corrected chi connectivity index (χ4v) is 5.44. The highest BCUT2D eigenvalue weighted by molar-refractivity contribution is 8.21. The van der Waals surface area contributed by atoms with Gasteiger partial charge in [-0.2, -0.15) is 0 Å². The van der Waals surface area contributed by atoms with E-state index in [0.29, 0.717) is 37.0 Å². The number of ether oxygens (including phenoxy) is 1. The molecule has 31 heavy (non-hydrogen) atoms. The predicted octanol–water partition coefficient (Wildman–Crippen LogP) is 5.86. The summed E-state index contributed by atoms with van der Waals surface area (Å²) in [6.45, 7) is 3.72. The molecular formula is C23H18Cl2N2O3S. The number of aliphatic imine (C=N–C) groups is 1. The van der Waals surface area contributed by atoms with Crippen LogP contribution in [0.5, 0.6) is 0 Å². The van der Waals surface area contributed by atoms with E-state index in [0.717, 1.165) is 5.56 Å². The molecule has 0 aliphatic carbocycles. The Kier molecular flexibility index (Phi) is 6.23. The lowest BCUT2D eigenvalue weighted by molar-refractivity contribution is -0.139. The van der Waals surface area contributed by atoms with E-state index in [1.165, 1.54) is 22.7 Å². The molecule has 2 aromatic rings. The number of carbonyl (C=O) groups excluding carboxylic acids is 2. The number of halogens is 2. The molecular weight excluding hydrogens is 455 g/mol. The summed E-state index contributed by atoms with van der Waals surface area (Å²) in [5.41, 5.74) is 2.23. The maximum atomic E-state index is 13.3. The SMILES string of the molecule is CCOC(=O)C1=C(C)N=C2SC(c3c(Cl)cccc3Cl)=CC(=O)N2[C@H]1c1ccccc1. The fourth-order valence-electron chi connectivity index (χ4n) is 3.57. The molecule has 0 unspecified atom stereocenters. The fraction of sp³-hybridized carbons (Fsp3) is 0.174. The van der Waals surface area contributed by atoms with Crippen LogP contribution in [-0.2, 0) is 14.3 Å². The van der Waals surface area contributed by atoms with Crippen LogP contribution in [0, 0.1) is 0 Å². The summed E-state index contributed by atoms with van der Waals surface area (Å²) in [4.78, 5) is 32.9. The third-order valence-electron chi connectivity index (χ3n) is 4.90. The normalized spacial score (nSPS) is 18.4. The highest BCUT2D eigenvalue weighted by Crippen LogP contribution is 2.46. The quantitative estimate of drug-likeness (QED) is 0.522. The summed E-state index contributed by atoms with van der Waals surface area (Å²) in [6.07, 6.45) is 1.48. The number of fused-ring (bicyclic) bond motifs is 1. The Hall–Kier alpha value is -2.54. The van der Waals surface area contributed by atoms with E-state index >= 15 is 0 Å². The maximum absolute atomic E-state index is 13.3. The molecule has 2 aromatic carbocycles. The van der Waals surface area contributed by atoms with Gasteiger partial charge in [0, 0.05) is 16.5 Å². The first-order chi connectivity index (χ1) is 14.9. The number of allylic oxidation sites excluding steroid dienone is 1. The third-order valence-corrected chi connectivity index (χ3v) is 6.55. The molecule has 2 heterocycles. The lowest BCUT2D eigenvalue weighted by Gasteiger charge is -2.38. The third kappa shape index (κ3) is 4.03. The van der Waals surface area contributed by atoms with Gasteiger partial charge < -0.3 is 4.74 Å². The molecule has 4 rings (SSSR count). The summed E-state index contributed by atoms with van der Waals surface area (Å²) < 4.78 is 5.28. The lowest BCUT2D eigenvalue weighted by Crippen LogP contribution is -2.44. The first-order valence-electron chi connectivity index (χ1n) is 9.61. The van der Waals surface area contributed by atoms with Crippen LogP contribution in [0.3, 0.4) is 0 Å². The van der Waals surface area contributed by atoms with Crippen molar-refractivity contribution in [1.82, 2.24) is 4.90 Å². The Labute approximate surface area is 194 Å². The minimum Gasteiger partial charge on any atom is -0.463 e. The van der Waals surface area contributed by atoms with E-state index in [-0.39, 0.29) is 12.5 Å². The molecule has 1 atom stereocenters.